The largest absolute Gasteiger partial charge is 0.469 e. The van der Waals surface area contributed by atoms with Crippen molar-refractivity contribution in [2.75, 3.05) is 7.11 Å². The molecular weight excluding hydrogens is 388 g/mol. The molecule has 0 aromatic carbocycles. The third-order valence-corrected chi connectivity index (χ3v) is 8.58. The van der Waals surface area contributed by atoms with E-state index in [1.54, 1.807) is 12.3 Å². The highest BCUT2D eigenvalue weighted by molar-refractivity contribution is 5.79. The number of ether oxygens (including phenoxy) is 2. The fraction of sp³-hybridized carbons (Fsp3) is 0.739. The number of esters is 2. The van der Waals surface area contributed by atoms with Crippen LogP contribution < -0.4 is 0 Å². The molecule has 30 heavy (non-hydrogen) atoms. The van der Waals surface area contributed by atoms with Crippen molar-refractivity contribution < 1.29 is 33.7 Å². The molecule has 3 aliphatic carbocycles. The maximum Gasteiger partial charge on any atom is 0.313 e. The molecule has 1 aromatic heterocycles. The van der Waals surface area contributed by atoms with E-state index in [0.29, 0.717) is 25.0 Å². The van der Waals surface area contributed by atoms with Crippen molar-refractivity contribution in [1.29, 1.82) is 0 Å². The van der Waals surface area contributed by atoms with E-state index in [9.17, 15) is 19.8 Å². The molecule has 0 spiro atoms. The number of aliphatic hydroxyl groups excluding tert-OH is 1. The van der Waals surface area contributed by atoms with Gasteiger partial charge in [-0.1, -0.05) is 20.8 Å². The molecule has 4 rings (SSSR count). The number of rotatable bonds is 2. The van der Waals surface area contributed by atoms with Gasteiger partial charge in [-0.3, -0.25) is 9.59 Å². The average Bonchev–Trinajstić information content (AvgIpc) is 3.14. The Balaban J connectivity index is 1.93. The Labute approximate surface area is 176 Å². The van der Waals surface area contributed by atoms with Crippen LogP contribution in [0.1, 0.15) is 64.2 Å². The first-order chi connectivity index (χ1) is 14.0. The van der Waals surface area contributed by atoms with Crippen molar-refractivity contribution in [2.45, 2.75) is 77.1 Å². The fourth-order valence-electron chi connectivity index (χ4n) is 6.89. The van der Waals surface area contributed by atoms with Crippen molar-refractivity contribution in [3.63, 3.8) is 0 Å². The zero-order chi connectivity index (χ0) is 22.1. The lowest BCUT2D eigenvalue weighted by Gasteiger charge is -2.68. The first-order valence-corrected chi connectivity index (χ1v) is 10.7. The minimum atomic E-state index is -1.29. The minimum absolute atomic E-state index is 0.162. The zero-order valence-corrected chi connectivity index (χ0v) is 18.3. The number of methoxy groups -OCH3 is 1. The van der Waals surface area contributed by atoms with Crippen molar-refractivity contribution in [2.24, 2.45) is 22.7 Å². The van der Waals surface area contributed by atoms with Crippen LogP contribution in [0.5, 0.6) is 0 Å². The van der Waals surface area contributed by atoms with Gasteiger partial charge in [0.1, 0.15) is 11.9 Å². The minimum Gasteiger partial charge on any atom is -0.469 e. The van der Waals surface area contributed by atoms with E-state index in [4.69, 9.17) is 13.9 Å². The van der Waals surface area contributed by atoms with E-state index >= 15 is 0 Å². The molecule has 2 N–H and O–H groups in total. The maximum absolute atomic E-state index is 12.9. The number of hydrogen-bond donors (Lipinski definition) is 2. The zero-order valence-electron chi connectivity index (χ0n) is 18.3. The van der Waals surface area contributed by atoms with Gasteiger partial charge >= 0.3 is 11.9 Å². The molecule has 0 radical (unpaired) electrons. The van der Waals surface area contributed by atoms with Gasteiger partial charge in [0.15, 0.2) is 0 Å². The summed E-state index contributed by atoms with van der Waals surface area (Å²) in [5, 5.41) is 23.4. The Hall–Kier alpha value is -1.86. The highest BCUT2D eigenvalue weighted by Gasteiger charge is 2.72. The number of carbonyl (C=O) groups is 2. The molecule has 0 aliphatic heterocycles. The first kappa shape index (κ1) is 21.4. The van der Waals surface area contributed by atoms with Gasteiger partial charge in [0.05, 0.1) is 31.0 Å². The topological polar surface area (TPSA) is 106 Å². The molecule has 7 heteroatoms. The molecular formula is C23H32O7. The van der Waals surface area contributed by atoms with Gasteiger partial charge in [-0.15, -0.1) is 0 Å². The standard InChI is InChI=1S/C23H32O7/c1-12(24)30-16-11-23(27)21(2,3)8-6-17(25)22(23,4)14-10-15-13(7-9-29-15)18(19(14)16)20(26)28-5/h7,9,14,16-19,25,27H,6,8,10-11H2,1-5H3/t14-,16-,17-,18+,19+,22+,23+/m0/s1. The summed E-state index contributed by atoms with van der Waals surface area (Å²) in [5.74, 6) is -1.68. The first-order valence-electron chi connectivity index (χ1n) is 10.7. The molecule has 0 saturated heterocycles. The Morgan fingerprint density at radius 3 is 2.60 bits per heavy atom. The molecule has 3 aliphatic rings. The maximum atomic E-state index is 12.9. The summed E-state index contributed by atoms with van der Waals surface area (Å²) in [6, 6.07) is 1.77. The molecule has 0 unspecified atom stereocenters. The van der Waals surface area contributed by atoms with Gasteiger partial charge in [-0.05, 0) is 30.2 Å². The summed E-state index contributed by atoms with van der Waals surface area (Å²) in [7, 11) is 1.34. The van der Waals surface area contributed by atoms with Crippen LogP contribution in [0, 0.1) is 22.7 Å². The molecule has 0 amide bonds. The summed E-state index contributed by atoms with van der Waals surface area (Å²) in [6.07, 6.45) is 1.93. The van der Waals surface area contributed by atoms with Crippen LogP contribution in [-0.2, 0) is 25.5 Å². The highest BCUT2D eigenvalue weighted by Crippen LogP contribution is 2.67. The van der Waals surface area contributed by atoms with Gasteiger partial charge < -0.3 is 24.1 Å². The van der Waals surface area contributed by atoms with Gasteiger partial charge in [0, 0.05) is 36.7 Å². The van der Waals surface area contributed by atoms with E-state index in [-0.39, 0.29) is 12.3 Å². The van der Waals surface area contributed by atoms with Gasteiger partial charge in [0.25, 0.3) is 0 Å². The van der Waals surface area contributed by atoms with E-state index in [1.165, 1.54) is 14.0 Å². The van der Waals surface area contributed by atoms with Gasteiger partial charge in [-0.2, -0.15) is 0 Å². The normalized spacial score (nSPS) is 41.8. The SMILES string of the molecule is COC(=O)[C@@H]1c2ccoc2C[C@H]2[C@@H]1[C@@H](OC(C)=O)C[C@@]1(O)C(C)(C)CC[C@H](O)[C@@]21C. The monoisotopic (exact) mass is 420 g/mol. The van der Waals surface area contributed by atoms with Crippen LogP contribution in [0.4, 0.5) is 0 Å². The number of hydrogen-bond acceptors (Lipinski definition) is 7. The number of furan rings is 1. The Morgan fingerprint density at radius 2 is 1.97 bits per heavy atom. The van der Waals surface area contributed by atoms with Crippen LogP contribution in [-0.4, -0.2) is 47.1 Å². The lowest BCUT2D eigenvalue weighted by Crippen LogP contribution is -2.74. The third-order valence-electron chi connectivity index (χ3n) is 8.58. The molecule has 2 saturated carbocycles. The van der Waals surface area contributed by atoms with E-state index < -0.39 is 52.4 Å². The van der Waals surface area contributed by atoms with Crippen molar-refractivity contribution >= 4 is 11.9 Å². The summed E-state index contributed by atoms with van der Waals surface area (Å²) < 4.78 is 16.6. The van der Waals surface area contributed by atoms with Crippen molar-refractivity contribution in [3.05, 3.63) is 23.7 Å². The number of aliphatic hydroxyl groups is 2. The molecule has 2 fully saturated rings. The third kappa shape index (κ3) is 2.64. The van der Waals surface area contributed by atoms with Crippen LogP contribution >= 0.6 is 0 Å². The molecule has 1 heterocycles. The fourth-order valence-corrected chi connectivity index (χ4v) is 6.89. The molecule has 7 atom stereocenters. The van der Waals surface area contributed by atoms with E-state index in [2.05, 4.69) is 0 Å². The van der Waals surface area contributed by atoms with Gasteiger partial charge in [-0.25, -0.2) is 0 Å². The quantitative estimate of drug-likeness (QED) is 0.708. The Kier molecular flexibility index (Phi) is 4.86. The van der Waals surface area contributed by atoms with Crippen LogP contribution in [0.3, 0.4) is 0 Å². The van der Waals surface area contributed by atoms with Crippen LogP contribution in [0.25, 0.3) is 0 Å². The smallest absolute Gasteiger partial charge is 0.313 e. The van der Waals surface area contributed by atoms with Gasteiger partial charge in [0.2, 0.25) is 0 Å². The molecule has 0 bridgehead atoms. The summed E-state index contributed by atoms with van der Waals surface area (Å²) in [4.78, 5) is 24.9. The predicted molar refractivity (Wildman–Crippen MR) is 106 cm³/mol. The number of carbonyl (C=O) groups excluding carboxylic acids is 2. The van der Waals surface area contributed by atoms with Crippen LogP contribution in [0.2, 0.25) is 0 Å². The second-order valence-electron chi connectivity index (χ2n) is 10.1. The second-order valence-corrected chi connectivity index (χ2v) is 10.1. The van der Waals surface area contributed by atoms with E-state index in [0.717, 1.165) is 5.56 Å². The lowest BCUT2D eigenvalue weighted by molar-refractivity contribution is -0.296. The molecule has 7 nitrogen and oxygen atoms in total. The molecule has 166 valence electrons. The van der Waals surface area contributed by atoms with Crippen LogP contribution in [0.15, 0.2) is 16.7 Å². The van der Waals surface area contributed by atoms with E-state index in [1.807, 2.05) is 20.8 Å². The average molecular weight is 421 g/mol. The summed E-state index contributed by atoms with van der Waals surface area (Å²) in [5.41, 5.74) is -1.97. The van der Waals surface area contributed by atoms with Crippen molar-refractivity contribution in [3.8, 4) is 0 Å². The Morgan fingerprint density at radius 1 is 1.27 bits per heavy atom. The predicted octanol–water partition coefficient (Wildman–Crippen LogP) is 2.58. The Bertz CT molecular complexity index is 857. The highest BCUT2D eigenvalue weighted by atomic mass is 16.5. The van der Waals surface area contributed by atoms with Crippen molar-refractivity contribution in [1.82, 2.24) is 0 Å². The number of fused-ring (bicyclic) bond motifs is 4. The molecule has 1 aromatic rings. The lowest BCUT2D eigenvalue weighted by atomic mass is 9.40. The second kappa shape index (κ2) is 6.82. The summed E-state index contributed by atoms with van der Waals surface area (Å²) in [6.45, 7) is 7.26. The summed E-state index contributed by atoms with van der Waals surface area (Å²) >= 11 is 0.